The van der Waals surface area contributed by atoms with E-state index in [0.29, 0.717) is 13.0 Å². The lowest BCUT2D eigenvalue weighted by Crippen LogP contribution is -2.31. The van der Waals surface area contributed by atoms with E-state index in [1.165, 1.54) is 0 Å². The van der Waals surface area contributed by atoms with E-state index >= 15 is 0 Å². The third-order valence-corrected chi connectivity index (χ3v) is 1.92. The molecule has 0 saturated carbocycles. The smallest absolute Gasteiger partial charge is 0.0664 e. The van der Waals surface area contributed by atoms with Gasteiger partial charge in [-0.2, -0.15) is 0 Å². The third-order valence-electron chi connectivity index (χ3n) is 1.92. The normalized spacial score (nSPS) is 14.5. The average molecular weight is 189 g/mol. The summed E-state index contributed by atoms with van der Waals surface area (Å²) >= 11 is 0. The highest BCUT2D eigenvalue weighted by atomic mass is 16.3. The molecule has 0 aliphatic rings. The summed E-state index contributed by atoms with van der Waals surface area (Å²) in [5, 5.41) is 21.9. The molecule has 1 atom stereocenters. The van der Waals surface area contributed by atoms with Crippen molar-refractivity contribution in [1.82, 2.24) is 5.32 Å². The van der Waals surface area contributed by atoms with Gasteiger partial charge in [-0.15, -0.1) is 0 Å². The molecule has 80 valence electrons. The van der Waals surface area contributed by atoms with Crippen LogP contribution in [0.5, 0.6) is 0 Å². The molecule has 0 radical (unpaired) electrons. The average Bonchev–Trinajstić information content (AvgIpc) is 1.97. The topological polar surface area (TPSA) is 52.5 Å². The standard InChI is InChI=1S/C10H23NO2/c1-4-5-9(12)8-11-7-6-10(2,3)13/h9,11-13H,4-8H2,1-3H3. The minimum absolute atomic E-state index is 0.244. The highest BCUT2D eigenvalue weighted by molar-refractivity contribution is 4.67. The molecular weight excluding hydrogens is 166 g/mol. The van der Waals surface area contributed by atoms with E-state index in [0.717, 1.165) is 19.4 Å². The second-order valence-corrected chi connectivity index (χ2v) is 4.21. The number of aliphatic hydroxyl groups excluding tert-OH is 1. The lowest BCUT2D eigenvalue weighted by Gasteiger charge is -2.18. The molecule has 0 aromatic rings. The van der Waals surface area contributed by atoms with Gasteiger partial charge in [-0.05, 0) is 33.2 Å². The van der Waals surface area contributed by atoms with Crippen molar-refractivity contribution in [2.45, 2.75) is 51.7 Å². The molecule has 0 spiro atoms. The Kier molecular flexibility index (Phi) is 6.29. The lowest BCUT2D eigenvalue weighted by atomic mass is 10.1. The van der Waals surface area contributed by atoms with Crippen LogP contribution in [0.15, 0.2) is 0 Å². The summed E-state index contributed by atoms with van der Waals surface area (Å²) in [6, 6.07) is 0. The first kappa shape index (κ1) is 12.9. The minimum atomic E-state index is -0.608. The summed E-state index contributed by atoms with van der Waals surface area (Å²) in [5.41, 5.74) is -0.608. The van der Waals surface area contributed by atoms with Crippen molar-refractivity contribution < 1.29 is 10.2 Å². The summed E-state index contributed by atoms with van der Waals surface area (Å²) in [6.07, 6.45) is 2.32. The Labute approximate surface area is 81.2 Å². The number of hydrogen-bond donors (Lipinski definition) is 3. The maximum absolute atomic E-state index is 9.38. The van der Waals surface area contributed by atoms with Crippen LogP contribution in [-0.2, 0) is 0 Å². The van der Waals surface area contributed by atoms with Gasteiger partial charge in [0.1, 0.15) is 0 Å². The van der Waals surface area contributed by atoms with Crippen molar-refractivity contribution in [2.75, 3.05) is 13.1 Å². The molecular formula is C10H23NO2. The van der Waals surface area contributed by atoms with Gasteiger partial charge in [-0.1, -0.05) is 13.3 Å². The van der Waals surface area contributed by atoms with Crippen LogP contribution in [-0.4, -0.2) is 35.0 Å². The fourth-order valence-corrected chi connectivity index (χ4v) is 1.10. The van der Waals surface area contributed by atoms with Gasteiger partial charge in [0.15, 0.2) is 0 Å². The van der Waals surface area contributed by atoms with Crippen LogP contribution < -0.4 is 5.32 Å². The van der Waals surface area contributed by atoms with Crippen LogP contribution in [0.3, 0.4) is 0 Å². The predicted octanol–water partition coefficient (Wildman–Crippen LogP) is 0.898. The quantitative estimate of drug-likeness (QED) is 0.522. The Morgan fingerprint density at radius 3 is 2.46 bits per heavy atom. The molecule has 3 nitrogen and oxygen atoms in total. The molecule has 0 rings (SSSR count). The summed E-state index contributed by atoms with van der Waals surface area (Å²) in [5.74, 6) is 0. The molecule has 0 amide bonds. The van der Waals surface area contributed by atoms with Crippen molar-refractivity contribution in [2.24, 2.45) is 0 Å². The molecule has 0 aromatic heterocycles. The fourth-order valence-electron chi connectivity index (χ4n) is 1.10. The molecule has 3 heteroatoms. The second-order valence-electron chi connectivity index (χ2n) is 4.21. The van der Waals surface area contributed by atoms with Crippen LogP contribution >= 0.6 is 0 Å². The van der Waals surface area contributed by atoms with Crippen LogP contribution in [0.4, 0.5) is 0 Å². The van der Waals surface area contributed by atoms with E-state index in [9.17, 15) is 10.2 Å². The number of nitrogens with one attached hydrogen (secondary N) is 1. The van der Waals surface area contributed by atoms with E-state index in [2.05, 4.69) is 12.2 Å². The van der Waals surface area contributed by atoms with E-state index in [-0.39, 0.29) is 6.10 Å². The fraction of sp³-hybridized carbons (Fsp3) is 1.00. The number of hydrogen-bond acceptors (Lipinski definition) is 3. The molecule has 0 aromatic carbocycles. The Balaban J connectivity index is 3.25. The van der Waals surface area contributed by atoms with Crippen molar-refractivity contribution >= 4 is 0 Å². The van der Waals surface area contributed by atoms with E-state index < -0.39 is 5.60 Å². The Morgan fingerprint density at radius 2 is 2.00 bits per heavy atom. The highest BCUT2D eigenvalue weighted by Crippen LogP contribution is 2.05. The van der Waals surface area contributed by atoms with Gasteiger partial charge in [0.05, 0.1) is 11.7 Å². The molecule has 1 unspecified atom stereocenters. The van der Waals surface area contributed by atoms with E-state index in [4.69, 9.17) is 0 Å². The molecule has 13 heavy (non-hydrogen) atoms. The zero-order valence-corrected chi connectivity index (χ0v) is 9.01. The maximum Gasteiger partial charge on any atom is 0.0664 e. The summed E-state index contributed by atoms with van der Waals surface area (Å²) < 4.78 is 0. The van der Waals surface area contributed by atoms with Crippen molar-refractivity contribution in [3.05, 3.63) is 0 Å². The van der Waals surface area contributed by atoms with Gasteiger partial charge in [-0.25, -0.2) is 0 Å². The number of aliphatic hydroxyl groups is 2. The molecule has 0 aliphatic carbocycles. The molecule has 0 aliphatic heterocycles. The largest absolute Gasteiger partial charge is 0.392 e. The molecule has 0 heterocycles. The summed E-state index contributed by atoms with van der Waals surface area (Å²) in [6.45, 7) is 7.02. The summed E-state index contributed by atoms with van der Waals surface area (Å²) in [7, 11) is 0. The molecule has 0 saturated heterocycles. The third kappa shape index (κ3) is 9.80. The van der Waals surface area contributed by atoms with Crippen LogP contribution in [0, 0.1) is 0 Å². The first-order valence-corrected chi connectivity index (χ1v) is 5.07. The maximum atomic E-state index is 9.38. The molecule has 0 fully saturated rings. The summed E-state index contributed by atoms with van der Waals surface area (Å²) in [4.78, 5) is 0. The van der Waals surface area contributed by atoms with E-state index in [1.807, 2.05) is 0 Å². The predicted molar refractivity (Wildman–Crippen MR) is 54.7 cm³/mol. The van der Waals surface area contributed by atoms with Crippen molar-refractivity contribution in [1.29, 1.82) is 0 Å². The second kappa shape index (κ2) is 6.35. The zero-order valence-electron chi connectivity index (χ0n) is 9.01. The molecule has 0 bridgehead atoms. The van der Waals surface area contributed by atoms with Crippen molar-refractivity contribution in [3.63, 3.8) is 0 Å². The zero-order chi connectivity index (χ0) is 10.3. The Bertz CT molecular complexity index is 121. The van der Waals surface area contributed by atoms with Crippen LogP contribution in [0.2, 0.25) is 0 Å². The van der Waals surface area contributed by atoms with Gasteiger partial charge in [0.2, 0.25) is 0 Å². The first-order valence-electron chi connectivity index (χ1n) is 5.07. The Hall–Kier alpha value is -0.120. The van der Waals surface area contributed by atoms with Gasteiger partial charge >= 0.3 is 0 Å². The van der Waals surface area contributed by atoms with Gasteiger partial charge in [0, 0.05) is 6.54 Å². The lowest BCUT2D eigenvalue weighted by molar-refractivity contribution is 0.0694. The van der Waals surface area contributed by atoms with E-state index in [1.54, 1.807) is 13.8 Å². The molecule has 3 N–H and O–H groups in total. The van der Waals surface area contributed by atoms with Gasteiger partial charge < -0.3 is 15.5 Å². The van der Waals surface area contributed by atoms with Gasteiger partial charge in [0.25, 0.3) is 0 Å². The monoisotopic (exact) mass is 189 g/mol. The highest BCUT2D eigenvalue weighted by Gasteiger charge is 2.11. The van der Waals surface area contributed by atoms with Gasteiger partial charge in [-0.3, -0.25) is 0 Å². The Morgan fingerprint density at radius 1 is 1.38 bits per heavy atom. The van der Waals surface area contributed by atoms with Crippen LogP contribution in [0.25, 0.3) is 0 Å². The SMILES string of the molecule is CCCC(O)CNCCC(C)(C)O. The number of rotatable bonds is 7. The minimum Gasteiger partial charge on any atom is -0.392 e. The van der Waals surface area contributed by atoms with Crippen LogP contribution in [0.1, 0.15) is 40.0 Å². The first-order chi connectivity index (χ1) is 5.95. The van der Waals surface area contributed by atoms with Crippen molar-refractivity contribution in [3.8, 4) is 0 Å².